The van der Waals surface area contributed by atoms with E-state index in [2.05, 4.69) is 40.4 Å². The van der Waals surface area contributed by atoms with E-state index in [1.807, 2.05) is 30.5 Å². The molecular formula is C22H20N8O. The van der Waals surface area contributed by atoms with E-state index in [-0.39, 0.29) is 6.10 Å². The Bertz CT molecular complexity index is 1340. The van der Waals surface area contributed by atoms with E-state index in [0.29, 0.717) is 17.1 Å². The smallest absolute Gasteiger partial charge is 0.181 e. The highest BCUT2D eigenvalue weighted by molar-refractivity contribution is 5.93. The molecule has 9 heteroatoms. The fourth-order valence-electron chi connectivity index (χ4n) is 3.95. The molecule has 1 fully saturated rings. The van der Waals surface area contributed by atoms with Crippen LogP contribution in [0.5, 0.6) is 5.75 Å². The minimum Gasteiger partial charge on any atom is -0.489 e. The zero-order valence-electron chi connectivity index (χ0n) is 16.7. The minimum atomic E-state index is 0.223. The van der Waals surface area contributed by atoms with Crippen molar-refractivity contribution in [1.82, 2.24) is 40.4 Å². The normalized spacial score (nSPS) is 15.0. The molecule has 3 N–H and O–H groups in total. The molecule has 1 aliphatic heterocycles. The number of pyridine rings is 3. The number of H-pyrrole nitrogens is 2. The predicted molar refractivity (Wildman–Crippen MR) is 117 cm³/mol. The zero-order chi connectivity index (χ0) is 20.6. The third kappa shape index (κ3) is 3.38. The van der Waals surface area contributed by atoms with Crippen LogP contribution in [0.2, 0.25) is 0 Å². The fraction of sp³-hybridized carbons (Fsp3) is 0.227. The number of fused-ring (bicyclic) bond motifs is 2. The predicted octanol–water partition coefficient (Wildman–Crippen LogP) is 3.09. The molecule has 0 spiro atoms. The summed E-state index contributed by atoms with van der Waals surface area (Å²) in [6.45, 7) is 1.97. The standard InChI is InChI=1S/C22H20N8O/c1-2-18-21(25-5-1)28-22(27-18)19-17-9-14(11-26-20(17)30-29-19)13-8-16(12-24-10-13)31-15-3-6-23-7-4-15/h1-2,5,8-12,15,23H,3-4,6-7H2,(H,25,27,28)(H,26,29,30). The van der Waals surface area contributed by atoms with Crippen molar-refractivity contribution in [3.8, 4) is 28.4 Å². The van der Waals surface area contributed by atoms with Crippen molar-refractivity contribution in [3.05, 3.63) is 49.1 Å². The summed E-state index contributed by atoms with van der Waals surface area (Å²) < 4.78 is 6.15. The zero-order valence-corrected chi connectivity index (χ0v) is 16.7. The summed E-state index contributed by atoms with van der Waals surface area (Å²) in [5, 5.41) is 11.6. The first-order valence-electron chi connectivity index (χ1n) is 10.3. The van der Waals surface area contributed by atoms with E-state index in [4.69, 9.17) is 4.74 Å². The molecule has 6 rings (SSSR count). The van der Waals surface area contributed by atoms with Gasteiger partial charge < -0.3 is 15.0 Å². The number of nitrogens with zero attached hydrogens (tertiary/aromatic N) is 5. The van der Waals surface area contributed by atoms with Crippen molar-refractivity contribution in [3.63, 3.8) is 0 Å². The molecule has 1 aliphatic rings. The van der Waals surface area contributed by atoms with E-state index in [0.717, 1.165) is 59.4 Å². The first-order valence-corrected chi connectivity index (χ1v) is 10.3. The topological polar surface area (TPSA) is 117 Å². The van der Waals surface area contributed by atoms with Crippen LogP contribution in [0.25, 0.3) is 44.8 Å². The van der Waals surface area contributed by atoms with Gasteiger partial charge in [-0.25, -0.2) is 15.0 Å². The number of hydrogen-bond acceptors (Lipinski definition) is 7. The minimum absolute atomic E-state index is 0.223. The number of hydrogen-bond donors (Lipinski definition) is 3. The molecule has 154 valence electrons. The molecule has 5 aromatic heterocycles. The summed E-state index contributed by atoms with van der Waals surface area (Å²) in [4.78, 5) is 21.1. The van der Waals surface area contributed by atoms with Gasteiger partial charge in [-0.15, -0.1) is 0 Å². The largest absolute Gasteiger partial charge is 0.489 e. The van der Waals surface area contributed by atoms with Crippen molar-refractivity contribution < 1.29 is 4.74 Å². The molecule has 0 atom stereocenters. The Morgan fingerprint density at radius 3 is 2.77 bits per heavy atom. The second-order valence-corrected chi connectivity index (χ2v) is 7.63. The monoisotopic (exact) mass is 412 g/mol. The van der Waals surface area contributed by atoms with E-state index in [9.17, 15) is 0 Å². The second-order valence-electron chi connectivity index (χ2n) is 7.63. The molecule has 9 nitrogen and oxygen atoms in total. The van der Waals surface area contributed by atoms with E-state index in [1.165, 1.54) is 0 Å². The number of aromatic nitrogens is 7. The van der Waals surface area contributed by atoms with Crippen molar-refractivity contribution in [1.29, 1.82) is 0 Å². The summed E-state index contributed by atoms with van der Waals surface area (Å²) in [7, 11) is 0. The van der Waals surface area contributed by atoms with E-state index >= 15 is 0 Å². The summed E-state index contributed by atoms with van der Waals surface area (Å²) in [6.07, 6.45) is 9.35. The van der Waals surface area contributed by atoms with Crippen LogP contribution in [-0.2, 0) is 0 Å². The van der Waals surface area contributed by atoms with Crippen molar-refractivity contribution in [2.24, 2.45) is 0 Å². The number of aromatic amines is 2. The number of piperidine rings is 1. The highest BCUT2D eigenvalue weighted by Gasteiger charge is 2.16. The SMILES string of the molecule is c1cnc2nc(-c3[nH]nc4ncc(-c5cncc(OC6CCNCC6)c5)cc34)[nH]c2c1. The quantitative estimate of drug-likeness (QED) is 0.415. The van der Waals surface area contributed by atoms with Crippen LogP contribution in [0, 0.1) is 0 Å². The first kappa shape index (κ1) is 18.0. The van der Waals surface area contributed by atoms with Gasteiger partial charge in [0.2, 0.25) is 0 Å². The molecule has 0 aromatic carbocycles. The van der Waals surface area contributed by atoms with Gasteiger partial charge in [0.15, 0.2) is 17.1 Å². The lowest BCUT2D eigenvalue weighted by Crippen LogP contribution is -2.34. The average molecular weight is 412 g/mol. The Balaban J connectivity index is 1.36. The number of imidazole rings is 1. The van der Waals surface area contributed by atoms with Crippen molar-refractivity contribution in [2.75, 3.05) is 13.1 Å². The highest BCUT2D eigenvalue weighted by Crippen LogP contribution is 2.30. The van der Waals surface area contributed by atoms with Crippen LogP contribution in [0.1, 0.15) is 12.8 Å². The Morgan fingerprint density at radius 2 is 1.87 bits per heavy atom. The van der Waals surface area contributed by atoms with Crippen LogP contribution in [-0.4, -0.2) is 54.3 Å². The van der Waals surface area contributed by atoms with Crippen LogP contribution in [0.4, 0.5) is 0 Å². The van der Waals surface area contributed by atoms with Gasteiger partial charge in [0, 0.05) is 29.7 Å². The highest BCUT2D eigenvalue weighted by atomic mass is 16.5. The van der Waals surface area contributed by atoms with E-state index < -0.39 is 0 Å². The van der Waals surface area contributed by atoms with Gasteiger partial charge in [-0.05, 0) is 50.2 Å². The maximum Gasteiger partial charge on any atom is 0.181 e. The molecule has 0 amide bonds. The number of ether oxygens (including phenoxy) is 1. The van der Waals surface area contributed by atoms with Crippen LogP contribution in [0.15, 0.2) is 49.1 Å². The molecule has 0 radical (unpaired) electrons. The third-order valence-electron chi connectivity index (χ3n) is 5.54. The molecule has 5 aromatic rings. The summed E-state index contributed by atoms with van der Waals surface area (Å²) in [5.41, 5.74) is 4.82. The van der Waals surface area contributed by atoms with Gasteiger partial charge in [0.1, 0.15) is 17.5 Å². The van der Waals surface area contributed by atoms with E-state index in [1.54, 1.807) is 18.6 Å². The molecule has 0 saturated carbocycles. The second kappa shape index (κ2) is 7.44. The molecule has 6 heterocycles. The lowest BCUT2D eigenvalue weighted by Gasteiger charge is -2.23. The Kier molecular flexibility index (Phi) is 4.31. The Hall–Kier alpha value is -3.85. The van der Waals surface area contributed by atoms with Gasteiger partial charge >= 0.3 is 0 Å². The Morgan fingerprint density at radius 1 is 0.968 bits per heavy atom. The molecule has 0 unspecified atom stereocenters. The van der Waals surface area contributed by atoms with Gasteiger partial charge in [-0.2, -0.15) is 5.10 Å². The van der Waals surface area contributed by atoms with Crippen LogP contribution < -0.4 is 10.1 Å². The molecule has 0 aliphatic carbocycles. The lowest BCUT2D eigenvalue weighted by atomic mass is 10.1. The molecule has 1 saturated heterocycles. The maximum atomic E-state index is 6.15. The van der Waals surface area contributed by atoms with Gasteiger partial charge in [0.25, 0.3) is 0 Å². The van der Waals surface area contributed by atoms with Crippen LogP contribution >= 0.6 is 0 Å². The number of nitrogens with one attached hydrogen (secondary N) is 3. The first-order chi connectivity index (χ1) is 15.3. The maximum absolute atomic E-state index is 6.15. The molecular weight excluding hydrogens is 392 g/mol. The average Bonchev–Trinajstić information content (AvgIpc) is 3.43. The van der Waals surface area contributed by atoms with Gasteiger partial charge in [-0.1, -0.05) is 0 Å². The fourth-order valence-corrected chi connectivity index (χ4v) is 3.95. The van der Waals surface area contributed by atoms with Crippen molar-refractivity contribution >= 4 is 22.2 Å². The van der Waals surface area contributed by atoms with Crippen LogP contribution in [0.3, 0.4) is 0 Å². The lowest BCUT2D eigenvalue weighted by molar-refractivity contribution is 0.162. The molecule has 0 bridgehead atoms. The third-order valence-corrected chi connectivity index (χ3v) is 5.54. The molecule has 31 heavy (non-hydrogen) atoms. The number of rotatable bonds is 4. The van der Waals surface area contributed by atoms with Crippen molar-refractivity contribution in [2.45, 2.75) is 18.9 Å². The summed E-state index contributed by atoms with van der Waals surface area (Å²) in [6, 6.07) is 7.89. The van der Waals surface area contributed by atoms with Gasteiger partial charge in [0.05, 0.1) is 17.1 Å². The van der Waals surface area contributed by atoms with Gasteiger partial charge in [-0.3, -0.25) is 10.1 Å². The summed E-state index contributed by atoms with van der Waals surface area (Å²) >= 11 is 0. The summed E-state index contributed by atoms with van der Waals surface area (Å²) in [5.74, 6) is 1.46. The Labute approximate surface area is 177 Å².